The maximum absolute atomic E-state index is 12.9. The second-order valence-corrected chi connectivity index (χ2v) is 24.4. The van der Waals surface area contributed by atoms with Crippen LogP contribution in [0.1, 0.15) is 176 Å². The Labute approximate surface area is 327 Å². The van der Waals surface area contributed by atoms with Gasteiger partial charge >= 0.3 is 0 Å². The number of hydrogen-bond donors (Lipinski definition) is 0. The molecule has 0 unspecified atom stereocenters. The van der Waals surface area contributed by atoms with Gasteiger partial charge in [-0.05, 0) is 130 Å². The summed E-state index contributed by atoms with van der Waals surface area (Å²) in [6.07, 6.45) is 10.4. The van der Waals surface area contributed by atoms with Gasteiger partial charge in [-0.25, -0.2) is 0 Å². The molecule has 6 aliphatic rings. The molecule has 6 nitrogen and oxygen atoms in total. The number of Topliss-reactive ketones (excluding diaryl/α,β-unsaturated/α-hetero) is 3. The van der Waals surface area contributed by atoms with Crippen molar-refractivity contribution in [3.63, 3.8) is 0 Å². The molecule has 306 valence electrons. The van der Waals surface area contributed by atoms with Crippen molar-refractivity contribution in [1.82, 2.24) is 14.7 Å². The van der Waals surface area contributed by atoms with Crippen LogP contribution < -0.4 is 0 Å². The molecule has 0 spiro atoms. The third-order valence-electron chi connectivity index (χ3n) is 13.8. The number of carbonyl (C=O) groups is 3. The Kier molecular flexibility index (Phi) is 12.9. The Hall–Kier alpha value is -1.11. The van der Waals surface area contributed by atoms with E-state index in [-0.39, 0.29) is 51.0 Å². The minimum Gasteiger partial charge on any atom is -0.297 e. The average molecular weight is 740 g/mol. The summed E-state index contributed by atoms with van der Waals surface area (Å²) in [4.78, 5) is 45.7. The largest absolute Gasteiger partial charge is 0.297 e. The minimum absolute atomic E-state index is 0.100. The molecule has 3 saturated carbocycles. The van der Waals surface area contributed by atoms with Crippen LogP contribution >= 0.6 is 0 Å². The molecular formula is C47H85N3O3. The zero-order valence-electron chi connectivity index (χ0n) is 38.0. The lowest BCUT2D eigenvalue weighted by atomic mass is 9.73. The summed E-state index contributed by atoms with van der Waals surface area (Å²) >= 11 is 0. The standard InChI is InChI=1S/C17H31NO.C16H29NO.C14H25NO/c1-16(2,3)15(19)14-13-10-8-7-9-12(13)11-18(14)17(4,5)6;1-15(2,3)14(18)13-12-9-7-8-11(12)10-17(13)16(4,5)6;1-13(2,3)12(16)11-10-7-9(10)8-15(11)14(4,5)6/h12-14H,7-11H2,1-6H3;11-13H,7-10H2,1-6H3;9-11H,7-8H2,1-6H3/t12-,13-,14-;11-,12-,13-;9-,10-,11-/m000/s1. The molecule has 3 saturated heterocycles. The third-order valence-corrected chi connectivity index (χ3v) is 13.8. The van der Waals surface area contributed by atoms with Gasteiger partial charge in [0.25, 0.3) is 0 Å². The lowest BCUT2D eigenvalue weighted by Gasteiger charge is -2.40. The van der Waals surface area contributed by atoms with Gasteiger partial charge in [-0.15, -0.1) is 0 Å². The van der Waals surface area contributed by atoms with E-state index in [1.807, 2.05) is 20.8 Å². The van der Waals surface area contributed by atoms with Crippen molar-refractivity contribution in [3.05, 3.63) is 0 Å². The Balaban J connectivity index is 0.000000178. The zero-order valence-corrected chi connectivity index (χ0v) is 38.0. The minimum atomic E-state index is -0.222. The van der Waals surface area contributed by atoms with Crippen LogP contribution in [0.15, 0.2) is 0 Å². The van der Waals surface area contributed by atoms with Gasteiger partial charge in [0.05, 0.1) is 18.1 Å². The normalized spacial score (nSPS) is 34.0. The van der Waals surface area contributed by atoms with Crippen LogP contribution in [0.2, 0.25) is 0 Å². The van der Waals surface area contributed by atoms with E-state index in [2.05, 4.69) is 119 Å². The van der Waals surface area contributed by atoms with Crippen molar-refractivity contribution >= 4 is 17.3 Å². The van der Waals surface area contributed by atoms with E-state index in [9.17, 15) is 14.4 Å². The van der Waals surface area contributed by atoms with Gasteiger partial charge in [-0.1, -0.05) is 81.6 Å². The van der Waals surface area contributed by atoms with Crippen LogP contribution in [0.3, 0.4) is 0 Å². The molecule has 0 bridgehead atoms. The molecule has 53 heavy (non-hydrogen) atoms. The summed E-state index contributed by atoms with van der Waals surface area (Å²) in [5, 5.41) is 0. The second kappa shape index (κ2) is 15.3. The molecule has 0 aromatic rings. The van der Waals surface area contributed by atoms with Crippen molar-refractivity contribution in [1.29, 1.82) is 0 Å². The van der Waals surface area contributed by atoms with Gasteiger partial charge in [0.2, 0.25) is 0 Å². The zero-order chi connectivity index (χ0) is 40.4. The van der Waals surface area contributed by atoms with E-state index >= 15 is 0 Å². The summed E-state index contributed by atoms with van der Waals surface area (Å²) in [5.74, 6) is 5.55. The molecule has 3 aliphatic heterocycles. The van der Waals surface area contributed by atoms with Crippen LogP contribution in [-0.2, 0) is 14.4 Å². The number of hydrogen-bond acceptors (Lipinski definition) is 6. The fourth-order valence-corrected chi connectivity index (χ4v) is 10.7. The van der Waals surface area contributed by atoms with E-state index in [0.717, 1.165) is 37.4 Å². The van der Waals surface area contributed by atoms with Gasteiger partial charge in [0.15, 0.2) is 17.3 Å². The van der Waals surface area contributed by atoms with E-state index in [4.69, 9.17) is 0 Å². The Morgan fingerprint density at radius 1 is 0.377 bits per heavy atom. The first-order chi connectivity index (χ1) is 23.9. The summed E-state index contributed by atoms with van der Waals surface area (Å²) in [5.41, 5.74) is -0.310. The molecule has 0 aromatic carbocycles. The first-order valence-electron chi connectivity index (χ1n) is 21.8. The number of likely N-dealkylation sites (tertiary alicyclic amines) is 3. The summed E-state index contributed by atoms with van der Waals surface area (Å²) in [7, 11) is 0. The molecule has 6 heteroatoms. The number of fused-ring (bicyclic) bond motifs is 3. The van der Waals surface area contributed by atoms with Gasteiger partial charge in [0.1, 0.15) is 0 Å². The number of rotatable bonds is 3. The summed E-state index contributed by atoms with van der Waals surface area (Å²) < 4.78 is 0. The first kappa shape index (κ1) is 44.6. The van der Waals surface area contributed by atoms with E-state index in [1.165, 1.54) is 51.4 Å². The van der Waals surface area contributed by atoms with E-state index < -0.39 is 0 Å². The highest BCUT2D eigenvalue weighted by molar-refractivity contribution is 5.90. The van der Waals surface area contributed by atoms with Crippen LogP contribution in [0, 0.1) is 51.8 Å². The van der Waals surface area contributed by atoms with Gasteiger partial charge in [-0.2, -0.15) is 0 Å². The van der Waals surface area contributed by atoms with Crippen molar-refractivity contribution in [2.45, 2.75) is 211 Å². The van der Waals surface area contributed by atoms with Gasteiger partial charge in [-0.3, -0.25) is 29.1 Å². The SMILES string of the molecule is CC(C)(C)C(=O)[C@@H]1[C@H]2CCCC[C@H]2CN1C(C)(C)C.CC(C)(C)C(=O)[C@@H]1[C@H]2CCC[C@H]2CN1C(C)(C)C.CC(C)(C)C(=O)[C@@H]1[C@H]2C[C@H]2CN1C(C)(C)C. The van der Waals surface area contributed by atoms with Crippen molar-refractivity contribution in [2.75, 3.05) is 19.6 Å². The third kappa shape index (κ3) is 10.1. The van der Waals surface area contributed by atoms with Crippen LogP contribution in [0.5, 0.6) is 0 Å². The molecule has 0 amide bonds. The molecule has 9 atom stereocenters. The monoisotopic (exact) mass is 740 g/mol. The lowest BCUT2D eigenvalue weighted by molar-refractivity contribution is -0.134. The smallest absolute Gasteiger partial charge is 0.155 e. The summed E-state index contributed by atoms with van der Waals surface area (Å²) in [6, 6.07) is 0.507. The fourth-order valence-electron chi connectivity index (χ4n) is 10.7. The molecule has 6 fully saturated rings. The lowest BCUT2D eigenvalue weighted by Crippen LogP contribution is -2.52. The first-order valence-corrected chi connectivity index (χ1v) is 21.8. The van der Waals surface area contributed by atoms with Crippen LogP contribution in [-0.4, -0.2) is 86.4 Å². The maximum Gasteiger partial charge on any atom is 0.155 e. The van der Waals surface area contributed by atoms with Crippen molar-refractivity contribution in [3.8, 4) is 0 Å². The Morgan fingerprint density at radius 2 is 0.660 bits per heavy atom. The Bertz CT molecular complexity index is 1310. The molecule has 0 N–H and O–H groups in total. The van der Waals surface area contributed by atoms with Gasteiger partial charge in [0, 0.05) is 52.5 Å². The van der Waals surface area contributed by atoms with Crippen molar-refractivity contribution < 1.29 is 14.4 Å². The predicted molar refractivity (Wildman–Crippen MR) is 222 cm³/mol. The molecule has 0 radical (unpaired) electrons. The number of ketones is 3. The van der Waals surface area contributed by atoms with E-state index in [1.54, 1.807) is 0 Å². The Morgan fingerprint density at radius 3 is 1.00 bits per heavy atom. The highest BCUT2D eigenvalue weighted by Gasteiger charge is 2.59. The summed E-state index contributed by atoms with van der Waals surface area (Å²) in [6.45, 7) is 42.1. The van der Waals surface area contributed by atoms with Crippen molar-refractivity contribution in [2.24, 2.45) is 51.8 Å². The number of piperidine rings is 1. The molecular weight excluding hydrogens is 655 g/mol. The maximum atomic E-state index is 12.9. The highest BCUT2D eigenvalue weighted by atomic mass is 16.1. The van der Waals surface area contributed by atoms with Gasteiger partial charge < -0.3 is 0 Å². The quantitative estimate of drug-likeness (QED) is 0.287. The topological polar surface area (TPSA) is 60.9 Å². The number of nitrogens with zero attached hydrogens (tertiary/aromatic N) is 3. The fraction of sp³-hybridized carbons (Fsp3) is 0.936. The van der Waals surface area contributed by atoms with E-state index in [0.29, 0.717) is 35.1 Å². The molecule has 0 aromatic heterocycles. The molecule has 3 aliphatic carbocycles. The average Bonchev–Trinajstić information content (AvgIpc) is 3.37. The highest BCUT2D eigenvalue weighted by Crippen LogP contribution is 2.53. The molecule has 6 rings (SSSR count). The number of carbonyl (C=O) groups excluding carboxylic acids is 3. The second-order valence-electron chi connectivity index (χ2n) is 24.4. The molecule has 3 heterocycles. The predicted octanol–water partition coefficient (Wildman–Crippen LogP) is 10.1. The van der Waals surface area contributed by atoms with Crippen LogP contribution in [0.4, 0.5) is 0 Å². The van der Waals surface area contributed by atoms with Crippen LogP contribution in [0.25, 0.3) is 0 Å².